The highest BCUT2D eigenvalue weighted by Crippen LogP contribution is 2.05. The van der Waals surface area contributed by atoms with Crippen LogP contribution in [0.1, 0.15) is 0 Å². The topological polar surface area (TPSA) is 156 Å². The van der Waals surface area contributed by atoms with Crippen LogP contribution in [0.4, 0.5) is 0 Å². The third-order valence-electron chi connectivity index (χ3n) is 1.97. The van der Waals surface area contributed by atoms with Crippen LogP contribution >= 0.6 is 0 Å². The zero-order valence-corrected chi connectivity index (χ0v) is 8.65. The molecule has 0 aliphatic rings. The smallest absolute Gasteiger partial charge is 0.251 e. The number of carbonyl (C=O) groups excluding carboxylic acids is 1. The van der Waals surface area contributed by atoms with Gasteiger partial charge in [0.1, 0.15) is 18.3 Å². The van der Waals surface area contributed by atoms with Crippen molar-refractivity contribution < 1.29 is 30.3 Å². The Balaban J connectivity index is 4.25. The van der Waals surface area contributed by atoms with E-state index in [1.54, 1.807) is 0 Å². The molecule has 0 spiro atoms. The molecule has 8 heteroatoms. The summed E-state index contributed by atoms with van der Waals surface area (Å²) < 4.78 is 0. The number of nitrogens with two attached hydrogens (primary N) is 1. The van der Waals surface area contributed by atoms with Gasteiger partial charge in [0, 0.05) is 13.1 Å². The van der Waals surface area contributed by atoms with Gasteiger partial charge in [0.2, 0.25) is 0 Å². The van der Waals surface area contributed by atoms with Crippen molar-refractivity contribution in [3.63, 3.8) is 0 Å². The minimum atomic E-state index is -1.90. The lowest BCUT2D eigenvalue weighted by molar-refractivity contribution is -0.148. The summed E-state index contributed by atoms with van der Waals surface area (Å²) in [7, 11) is 0. The third kappa shape index (κ3) is 4.39. The van der Waals surface area contributed by atoms with Crippen LogP contribution in [0.2, 0.25) is 0 Å². The first-order chi connectivity index (χ1) is 7.45. The number of rotatable bonds is 7. The molecule has 8 N–H and O–H groups in total. The SMILES string of the molecule is NCCNC(=O)C(O)C(O)C(O)C(O)CO. The van der Waals surface area contributed by atoms with Gasteiger partial charge in [-0.2, -0.15) is 0 Å². The monoisotopic (exact) mass is 238 g/mol. The summed E-state index contributed by atoms with van der Waals surface area (Å²) >= 11 is 0. The minimum absolute atomic E-state index is 0.112. The van der Waals surface area contributed by atoms with Gasteiger partial charge in [-0.25, -0.2) is 0 Å². The van der Waals surface area contributed by atoms with Crippen molar-refractivity contribution in [2.24, 2.45) is 5.73 Å². The zero-order valence-electron chi connectivity index (χ0n) is 8.65. The van der Waals surface area contributed by atoms with Crippen LogP contribution < -0.4 is 11.1 Å². The second-order valence-corrected chi connectivity index (χ2v) is 3.26. The van der Waals surface area contributed by atoms with Crippen LogP contribution in [0.15, 0.2) is 0 Å². The number of nitrogens with one attached hydrogen (secondary N) is 1. The van der Waals surface area contributed by atoms with Crippen molar-refractivity contribution in [1.29, 1.82) is 0 Å². The van der Waals surface area contributed by atoms with Gasteiger partial charge < -0.3 is 36.6 Å². The lowest BCUT2D eigenvalue weighted by atomic mass is 10.0. The fourth-order valence-electron chi connectivity index (χ4n) is 0.977. The molecule has 0 fully saturated rings. The van der Waals surface area contributed by atoms with E-state index in [1.165, 1.54) is 0 Å². The summed E-state index contributed by atoms with van der Waals surface area (Å²) in [5.41, 5.74) is 5.10. The fourth-order valence-corrected chi connectivity index (χ4v) is 0.977. The van der Waals surface area contributed by atoms with Gasteiger partial charge >= 0.3 is 0 Å². The molecule has 16 heavy (non-hydrogen) atoms. The predicted octanol–water partition coefficient (Wildman–Crippen LogP) is -4.50. The van der Waals surface area contributed by atoms with E-state index in [-0.39, 0.29) is 13.1 Å². The average molecular weight is 238 g/mol. The van der Waals surface area contributed by atoms with Crippen molar-refractivity contribution >= 4 is 5.91 Å². The first-order valence-corrected chi connectivity index (χ1v) is 4.76. The van der Waals surface area contributed by atoms with E-state index in [9.17, 15) is 20.1 Å². The fraction of sp³-hybridized carbons (Fsp3) is 0.875. The van der Waals surface area contributed by atoms with E-state index in [0.717, 1.165) is 0 Å². The van der Waals surface area contributed by atoms with Crippen molar-refractivity contribution in [2.45, 2.75) is 24.4 Å². The molecule has 0 aliphatic carbocycles. The Morgan fingerprint density at radius 3 is 2.19 bits per heavy atom. The zero-order chi connectivity index (χ0) is 12.7. The number of amides is 1. The van der Waals surface area contributed by atoms with E-state index in [4.69, 9.17) is 15.9 Å². The Morgan fingerprint density at radius 2 is 1.75 bits per heavy atom. The molecule has 0 aromatic carbocycles. The lowest BCUT2D eigenvalue weighted by Gasteiger charge is -2.24. The molecule has 0 saturated heterocycles. The molecule has 0 rings (SSSR count). The minimum Gasteiger partial charge on any atom is -0.394 e. The Labute approximate surface area is 92.3 Å². The van der Waals surface area contributed by atoms with Gasteiger partial charge in [-0.15, -0.1) is 0 Å². The second kappa shape index (κ2) is 7.49. The molecule has 0 radical (unpaired) electrons. The maximum atomic E-state index is 11.1. The van der Waals surface area contributed by atoms with Gasteiger partial charge in [0.15, 0.2) is 6.10 Å². The highest BCUT2D eigenvalue weighted by atomic mass is 16.4. The maximum Gasteiger partial charge on any atom is 0.251 e. The van der Waals surface area contributed by atoms with E-state index in [1.807, 2.05) is 0 Å². The Kier molecular flexibility index (Phi) is 7.13. The molecule has 96 valence electrons. The summed E-state index contributed by atoms with van der Waals surface area (Å²) in [4.78, 5) is 11.1. The molecule has 0 aromatic heterocycles. The van der Waals surface area contributed by atoms with Crippen LogP contribution in [0, 0.1) is 0 Å². The average Bonchev–Trinajstić information content (AvgIpc) is 2.31. The molecular weight excluding hydrogens is 220 g/mol. The van der Waals surface area contributed by atoms with Crippen LogP contribution in [0.3, 0.4) is 0 Å². The van der Waals surface area contributed by atoms with E-state index in [2.05, 4.69) is 5.32 Å². The molecule has 4 atom stereocenters. The molecule has 1 amide bonds. The van der Waals surface area contributed by atoms with Crippen LogP contribution in [0.25, 0.3) is 0 Å². The van der Waals surface area contributed by atoms with Gasteiger partial charge in [0.25, 0.3) is 5.91 Å². The van der Waals surface area contributed by atoms with E-state index in [0.29, 0.717) is 0 Å². The van der Waals surface area contributed by atoms with Gasteiger partial charge in [-0.3, -0.25) is 4.79 Å². The van der Waals surface area contributed by atoms with Crippen molar-refractivity contribution in [3.05, 3.63) is 0 Å². The first kappa shape index (κ1) is 15.2. The number of carbonyl (C=O) groups is 1. The van der Waals surface area contributed by atoms with Gasteiger partial charge in [-0.1, -0.05) is 0 Å². The molecule has 0 heterocycles. The third-order valence-corrected chi connectivity index (χ3v) is 1.97. The summed E-state index contributed by atoms with van der Waals surface area (Å²) in [5, 5.41) is 47.4. The summed E-state index contributed by atoms with van der Waals surface area (Å²) in [6.45, 7) is -0.521. The molecule has 0 aromatic rings. The second-order valence-electron chi connectivity index (χ2n) is 3.26. The summed E-state index contributed by atoms with van der Waals surface area (Å²) in [6, 6.07) is 0. The normalized spacial score (nSPS) is 18.6. The molecule has 0 bridgehead atoms. The van der Waals surface area contributed by atoms with Crippen LogP contribution in [-0.4, -0.2) is 75.6 Å². The van der Waals surface area contributed by atoms with Crippen molar-refractivity contribution in [2.75, 3.05) is 19.7 Å². The molecular formula is C8H18N2O6. The van der Waals surface area contributed by atoms with Crippen LogP contribution in [-0.2, 0) is 4.79 Å². The quantitative estimate of drug-likeness (QED) is 0.235. The standard InChI is InChI=1S/C8H18N2O6/c9-1-2-10-8(16)7(15)6(14)5(13)4(12)3-11/h4-7,11-15H,1-3,9H2,(H,10,16). The number of aliphatic hydroxyl groups excluding tert-OH is 5. The van der Waals surface area contributed by atoms with Gasteiger partial charge in [-0.05, 0) is 0 Å². The van der Waals surface area contributed by atoms with Crippen LogP contribution in [0.5, 0.6) is 0 Å². The van der Waals surface area contributed by atoms with Crippen molar-refractivity contribution in [1.82, 2.24) is 5.32 Å². The summed E-state index contributed by atoms with van der Waals surface area (Å²) in [5.74, 6) is -0.915. The molecule has 0 saturated carbocycles. The Hall–Kier alpha value is -0.770. The van der Waals surface area contributed by atoms with Crippen molar-refractivity contribution in [3.8, 4) is 0 Å². The Bertz CT molecular complexity index is 215. The maximum absolute atomic E-state index is 11.1. The Morgan fingerprint density at radius 1 is 1.19 bits per heavy atom. The van der Waals surface area contributed by atoms with E-state index < -0.39 is 36.9 Å². The largest absolute Gasteiger partial charge is 0.394 e. The van der Waals surface area contributed by atoms with Gasteiger partial charge in [0.05, 0.1) is 6.61 Å². The molecule has 8 nitrogen and oxygen atoms in total. The van der Waals surface area contributed by atoms with E-state index >= 15 is 0 Å². The predicted molar refractivity (Wildman–Crippen MR) is 53.2 cm³/mol. The number of hydrogen-bond acceptors (Lipinski definition) is 7. The lowest BCUT2D eigenvalue weighted by Crippen LogP contribution is -2.52. The summed E-state index contributed by atoms with van der Waals surface area (Å²) in [6.07, 6.45) is -7.24. The molecule has 0 aliphatic heterocycles. The number of hydrogen-bond donors (Lipinski definition) is 7. The molecule has 4 unspecified atom stereocenters. The number of aliphatic hydroxyl groups is 5. The first-order valence-electron chi connectivity index (χ1n) is 4.76. The highest BCUT2D eigenvalue weighted by Gasteiger charge is 2.33. The highest BCUT2D eigenvalue weighted by molar-refractivity contribution is 5.81.